The molecule has 0 aliphatic carbocycles. The Hall–Kier alpha value is -4.14. The van der Waals surface area contributed by atoms with E-state index >= 15 is 0 Å². The van der Waals surface area contributed by atoms with E-state index in [0.29, 0.717) is 5.75 Å². The minimum Gasteiger partial charge on any atom is -0.483 e. The summed E-state index contributed by atoms with van der Waals surface area (Å²) >= 11 is 0. The number of nitro groups is 1. The van der Waals surface area contributed by atoms with Crippen LogP contribution in [0.15, 0.2) is 71.1 Å². The first kappa shape index (κ1) is 18.6. The summed E-state index contributed by atoms with van der Waals surface area (Å²) in [6, 6.07) is 19.0. The number of carbonyl (C=O) groups excluding carboxylic acids is 2. The average molecular weight is 381 g/mol. The number of hydrogen-bond donors (Lipinski definition) is 2. The van der Waals surface area contributed by atoms with Gasteiger partial charge in [-0.3, -0.25) is 30.6 Å². The van der Waals surface area contributed by atoms with Gasteiger partial charge in [-0.15, -0.1) is 0 Å². The number of ether oxygens (including phenoxy) is 1. The maximum absolute atomic E-state index is 11.9. The van der Waals surface area contributed by atoms with Crippen molar-refractivity contribution in [2.45, 2.75) is 0 Å². The normalized spacial score (nSPS) is 10.1. The Bertz CT molecular complexity index is 1000. The first-order valence-electron chi connectivity index (χ1n) is 8.15. The molecule has 0 bridgehead atoms. The number of para-hydroxylation sites is 1. The number of hydrazine groups is 1. The topological polar surface area (TPSA) is 124 Å². The molecule has 0 saturated heterocycles. The fraction of sp³-hybridized carbons (Fsp3) is 0.0526. The van der Waals surface area contributed by atoms with Gasteiger partial charge in [0.05, 0.1) is 6.07 Å². The third kappa shape index (κ3) is 4.52. The number of nitrogens with one attached hydrogen (secondary N) is 2. The Morgan fingerprint density at radius 1 is 0.964 bits per heavy atom. The van der Waals surface area contributed by atoms with Crippen LogP contribution in [0.5, 0.6) is 5.75 Å². The van der Waals surface area contributed by atoms with Crippen LogP contribution in [0.3, 0.4) is 0 Å². The standard InChI is InChI=1S/C19H15N3O6/c23-17(20-21-19(24)16-10-11-18(28-16)22(25)26)12-27-15-9-5-4-8-14(15)13-6-2-1-3-7-13/h1-11H,12H2,(H,20,23)(H,21,24). The maximum Gasteiger partial charge on any atom is 0.433 e. The SMILES string of the molecule is O=C(COc1ccccc1-c1ccccc1)NNC(=O)c1ccc([N+](=O)[O-])o1. The summed E-state index contributed by atoms with van der Waals surface area (Å²) in [7, 11) is 0. The molecule has 0 fully saturated rings. The van der Waals surface area contributed by atoms with Crippen LogP contribution >= 0.6 is 0 Å². The summed E-state index contributed by atoms with van der Waals surface area (Å²) in [5.74, 6) is -1.81. The average Bonchev–Trinajstić information content (AvgIpc) is 3.22. The molecule has 1 aromatic heterocycles. The third-order valence-electron chi connectivity index (χ3n) is 3.64. The fourth-order valence-electron chi connectivity index (χ4n) is 2.36. The van der Waals surface area contributed by atoms with Gasteiger partial charge in [0.15, 0.2) is 6.61 Å². The molecule has 0 aliphatic rings. The Kier molecular flexibility index (Phi) is 5.66. The van der Waals surface area contributed by atoms with Crippen LogP contribution in [0.4, 0.5) is 5.88 Å². The molecule has 0 atom stereocenters. The monoisotopic (exact) mass is 381 g/mol. The van der Waals surface area contributed by atoms with Gasteiger partial charge in [0.1, 0.15) is 10.7 Å². The van der Waals surface area contributed by atoms with Crippen LogP contribution in [-0.4, -0.2) is 23.3 Å². The molecular formula is C19H15N3O6. The number of benzene rings is 2. The summed E-state index contributed by atoms with van der Waals surface area (Å²) in [5, 5.41) is 10.5. The number of carbonyl (C=O) groups is 2. The molecule has 142 valence electrons. The van der Waals surface area contributed by atoms with E-state index in [-0.39, 0.29) is 12.4 Å². The zero-order valence-electron chi connectivity index (χ0n) is 14.5. The molecule has 0 saturated carbocycles. The van der Waals surface area contributed by atoms with Gasteiger partial charge in [0.25, 0.3) is 5.91 Å². The van der Waals surface area contributed by atoms with E-state index < -0.39 is 22.6 Å². The van der Waals surface area contributed by atoms with Gasteiger partial charge in [-0.05, 0) is 17.7 Å². The second-order valence-corrected chi connectivity index (χ2v) is 5.55. The smallest absolute Gasteiger partial charge is 0.433 e. The lowest BCUT2D eigenvalue weighted by Gasteiger charge is -2.12. The summed E-state index contributed by atoms with van der Waals surface area (Å²) < 4.78 is 10.3. The minimum atomic E-state index is -0.828. The Morgan fingerprint density at radius 2 is 1.68 bits per heavy atom. The number of amides is 2. The predicted molar refractivity (Wildman–Crippen MR) is 98.3 cm³/mol. The molecule has 0 aliphatic heterocycles. The lowest BCUT2D eigenvalue weighted by molar-refractivity contribution is -0.402. The Balaban J connectivity index is 1.55. The number of rotatable bonds is 6. The van der Waals surface area contributed by atoms with Crippen molar-refractivity contribution in [1.29, 1.82) is 0 Å². The Labute approximate surface area is 159 Å². The van der Waals surface area contributed by atoms with Crippen LogP contribution in [-0.2, 0) is 4.79 Å². The first-order valence-corrected chi connectivity index (χ1v) is 8.15. The van der Waals surface area contributed by atoms with Crippen molar-refractivity contribution in [2.75, 3.05) is 6.61 Å². The van der Waals surface area contributed by atoms with Crippen LogP contribution in [0.1, 0.15) is 10.6 Å². The largest absolute Gasteiger partial charge is 0.483 e. The van der Waals surface area contributed by atoms with Crippen LogP contribution in [0.2, 0.25) is 0 Å². The van der Waals surface area contributed by atoms with Gasteiger partial charge in [-0.2, -0.15) is 0 Å². The summed E-state index contributed by atoms with van der Waals surface area (Å²) in [5.41, 5.74) is 6.01. The van der Waals surface area contributed by atoms with Crippen LogP contribution in [0.25, 0.3) is 11.1 Å². The minimum absolute atomic E-state index is 0.303. The van der Waals surface area contributed by atoms with Crippen molar-refractivity contribution in [3.8, 4) is 16.9 Å². The summed E-state index contributed by atoms with van der Waals surface area (Å²) in [6.07, 6.45) is 0. The molecule has 0 radical (unpaired) electrons. The molecule has 2 N–H and O–H groups in total. The lowest BCUT2D eigenvalue weighted by atomic mass is 10.1. The van der Waals surface area contributed by atoms with E-state index in [1.165, 1.54) is 0 Å². The molecule has 1 heterocycles. The second kappa shape index (κ2) is 8.49. The highest BCUT2D eigenvalue weighted by molar-refractivity contribution is 5.93. The third-order valence-corrected chi connectivity index (χ3v) is 3.64. The molecule has 0 unspecified atom stereocenters. The van der Waals surface area contributed by atoms with Gasteiger partial charge in [-0.25, -0.2) is 0 Å². The van der Waals surface area contributed by atoms with E-state index in [4.69, 9.17) is 9.15 Å². The molecule has 2 aromatic carbocycles. The van der Waals surface area contributed by atoms with Crippen LogP contribution < -0.4 is 15.6 Å². The van der Waals surface area contributed by atoms with Gasteiger partial charge >= 0.3 is 11.8 Å². The van der Waals surface area contributed by atoms with Crippen molar-refractivity contribution in [2.24, 2.45) is 0 Å². The summed E-state index contributed by atoms with van der Waals surface area (Å²) in [4.78, 5) is 33.5. The highest BCUT2D eigenvalue weighted by atomic mass is 16.6. The molecule has 3 aromatic rings. The Morgan fingerprint density at radius 3 is 2.39 bits per heavy atom. The van der Waals surface area contributed by atoms with Crippen molar-refractivity contribution >= 4 is 17.7 Å². The number of nitrogens with zero attached hydrogens (tertiary/aromatic N) is 1. The highest BCUT2D eigenvalue weighted by Gasteiger charge is 2.17. The highest BCUT2D eigenvalue weighted by Crippen LogP contribution is 2.29. The van der Waals surface area contributed by atoms with Crippen molar-refractivity contribution in [3.05, 3.63) is 82.6 Å². The first-order chi connectivity index (χ1) is 13.5. The molecule has 9 heteroatoms. The predicted octanol–water partition coefficient (Wildman–Crippen LogP) is 2.69. The maximum atomic E-state index is 11.9. The van der Waals surface area contributed by atoms with Crippen molar-refractivity contribution in [3.63, 3.8) is 0 Å². The molecule has 9 nitrogen and oxygen atoms in total. The van der Waals surface area contributed by atoms with Gasteiger partial charge in [-0.1, -0.05) is 48.5 Å². The molecule has 0 spiro atoms. The molecular weight excluding hydrogens is 366 g/mol. The van der Waals surface area contributed by atoms with Crippen LogP contribution in [0, 0.1) is 10.1 Å². The van der Waals surface area contributed by atoms with E-state index in [9.17, 15) is 19.7 Å². The quantitative estimate of drug-likeness (QED) is 0.500. The fourth-order valence-corrected chi connectivity index (χ4v) is 2.36. The summed E-state index contributed by atoms with van der Waals surface area (Å²) in [6.45, 7) is -0.345. The molecule has 3 rings (SSSR count). The van der Waals surface area contributed by atoms with Crippen molar-refractivity contribution < 1.29 is 23.7 Å². The van der Waals surface area contributed by atoms with E-state index in [1.807, 2.05) is 42.5 Å². The second-order valence-electron chi connectivity index (χ2n) is 5.55. The zero-order chi connectivity index (χ0) is 19.9. The van der Waals surface area contributed by atoms with Gasteiger partial charge in [0.2, 0.25) is 5.76 Å². The van der Waals surface area contributed by atoms with E-state index in [1.54, 1.807) is 12.1 Å². The molecule has 2 amide bonds. The van der Waals surface area contributed by atoms with E-state index in [0.717, 1.165) is 23.3 Å². The van der Waals surface area contributed by atoms with E-state index in [2.05, 4.69) is 10.9 Å². The number of hydrogen-bond acceptors (Lipinski definition) is 6. The number of furan rings is 1. The van der Waals surface area contributed by atoms with Gasteiger partial charge < -0.3 is 9.15 Å². The van der Waals surface area contributed by atoms with Crippen molar-refractivity contribution in [1.82, 2.24) is 10.9 Å². The van der Waals surface area contributed by atoms with Gasteiger partial charge in [0, 0.05) is 5.56 Å². The molecule has 28 heavy (non-hydrogen) atoms. The lowest BCUT2D eigenvalue weighted by Crippen LogP contribution is -2.43. The zero-order valence-corrected chi connectivity index (χ0v) is 14.5.